The zero-order valence-electron chi connectivity index (χ0n) is 16.6. The maximum atomic E-state index is 4.42. The third kappa shape index (κ3) is 4.58. The average molecular weight is 418 g/mol. The molecular weight excluding hydrogens is 393 g/mol. The minimum Gasteiger partial charge on any atom is -1.00 e. The Balaban J connectivity index is 0.00000240. The molecule has 0 saturated heterocycles. The van der Waals surface area contributed by atoms with E-state index in [9.17, 15) is 0 Å². The van der Waals surface area contributed by atoms with Gasteiger partial charge in [0.05, 0.1) is 6.16 Å². The third-order valence-corrected chi connectivity index (χ3v) is 9.69. The van der Waals surface area contributed by atoms with E-state index >= 15 is 0 Å². The Morgan fingerprint density at radius 1 is 0.655 bits per heavy atom. The number of halogens is 1. The van der Waals surface area contributed by atoms with Gasteiger partial charge in [-0.05, 0) is 54.4 Å². The van der Waals surface area contributed by atoms with Crippen LogP contribution in [0.15, 0.2) is 109 Å². The monoisotopic (exact) mass is 417 g/mol. The summed E-state index contributed by atoms with van der Waals surface area (Å²) in [6.45, 7) is 2.12. The zero-order chi connectivity index (χ0) is 19.2. The number of aromatic nitrogens is 1. The summed E-state index contributed by atoms with van der Waals surface area (Å²) in [5.74, 6) is 0. The highest BCUT2D eigenvalue weighted by Crippen LogP contribution is 2.55. The molecule has 1 heterocycles. The largest absolute Gasteiger partial charge is 1.00 e. The lowest BCUT2D eigenvalue weighted by Crippen LogP contribution is -3.00. The summed E-state index contributed by atoms with van der Waals surface area (Å²) in [4.78, 5) is 4.42. The first kappa shape index (κ1) is 21.2. The summed E-state index contributed by atoms with van der Waals surface area (Å²) in [6, 6.07) is 35.5. The van der Waals surface area contributed by atoms with Gasteiger partial charge in [0.25, 0.3) is 0 Å². The first-order valence-corrected chi connectivity index (χ1v) is 11.7. The van der Waals surface area contributed by atoms with Crippen molar-refractivity contribution in [2.24, 2.45) is 0 Å². The molecule has 0 bridgehead atoms. The van der Waals surface area contributed by atoms with Gasteiger partial charge in [-0.1, -0.05) is 60.7 Å². The van der Waals surface area contributed by atoms with Gasteiger partial charge in [0.15, 0.2) is 0 Å². The van der Waals surface area contributed by atoms with Crippen molar-refractivity contribution in [1.82, 2.24) is 4.98 Å². The Hall–Kier alpha value is -2.47. The molecule has 4 aromatic rings. The number of aryl methyl sites for hydroxylation is 2. The van der Waals surface area contributed by atoms with Gasteiger partial charge in [0.2, 0.25) is 0 Å². The lowest BCUT2D eigenvalue weighted by atomic mass is 10.2. The molecule has 0 fully saturated rings. The van der Waals surface area contributed by atoms with E-state index in [0.717, 1.165) is 12.6 Å². The van der Waals surface area contributed by atoms with Crippen molar-refractivity contribution in [3.63, 3.8) is 0 Å². The number of nitrogens with zero attached hydrogens (tertiary/aromatic N) is 1. The normalized spacial score (nSPS) is 10.9. The van der Waals surface area contributed by atoms with Crippen LogP contribution in [-0.4, -0.2) is 11.1 Å². The van der Waals surface area contributed by atoms with E-state index in [-0.39, 0.29) is 12.4 Å². The van der Waals surface area contributed by atoms with Crippen molar-refractivity contribution in [2.75, 3.05) is 6.16 Å². The van der Waals surface area contributed by atoms with Crippen LogP contribution in [0.1, 0.15) is 11.1 Å². The highest BCUT2D eigenvalue weighted by molar-refractivity contribution is 7.95. The summed E-state index contributed by atoms with van der Waals surface area (Å²) in [6.07, 6.45) is 6.05. The molecule has 0 amide bonds. The fraction of sp³-hybridized carbons (Fsp3) is 0.115. The van der Waals surface area contributed by atoms with Crippen LogP contribution in [0.5, 0.6) is 0 Å². The van der Waals surface area contributed by atoms with Gasteiger partial charge in [-0.25, -0.2) is 0 Å². The van der Waals surface area contributed by atoms with Crippen LogP contribution in [-0.2, 0) is 6.42 Å². The second-order valence-electron chi connectivity index (χ2n) is 7.16. The molecule has 0 spiro atoms. The van der Waals surface area contributed by atoms with E-state index in [2.05, 4.69) is 109 Å². The molecule has 3 heteroatoms. The molecule has 29 heavy (non-hydrogen) atoms. The summed E-state index contributed by atoms with van der Waals surface area (Å²) >= 11 is 0. The lowest BCUT2D eigenvalue weighted by Gasteiger charge is -2.27. The van der Waals surface area contributed by atoms with Crippen molar-refractivity contribution in [3.05, 3.63) is 121 Å². The van der Waals surface area contributed by atoms with Crippen molar-refractivity contribution >= 4 is 23.2 Å². The minimum atomic E-state index is -1.76. The second kappa shape index (κ2) is 9.83. The minimum absolute atomic E-state index is 0. The lowest BCUT2D eigenvalue weighted by molar-refractivity contribution is -0.00000557. The van der Waals surface area contributed by atoms with Crippen LogP contribution in [0.25, 0.3) is 0 Å². The molecule has 0 saturated carbocycles. The number of hydrogen-bond donors (Lipinski definition) is 0. The van der Waals surface area contributed by atoms with Crippen LogP contribution < -0.4 is 28.3 Å². The van der Waals surface area contributed by atoms with E-state index in [1.165, 1.54) is 27.0 Å². The Kier molecular flexibility index (Phi) is 7.20. The molecule has 0 aliphatic carbocycles. The van der Waals surface area contributed by atoms with Crippen LogP contribution in [0.2, 0.25) is 0 Å². The molecule has 1 nitrogen and oxygen atoms in total. The van der Waals surface area contributed by atoms with Crippen molar-refractivity contribution < 1.29 is 12.4 Å². The predicted molar refractivity (Wildman–Crippen MR) is 123 cm³/mol. The summed E-state index contributed by atoms with van der Waals surface area (Å²) in [5, 5.41) is 4.31. The van der Waals surface area contributed by atoms with Gasteiger partial charge >= 0.3 is 0 Å². The zero-order valence-corrected chi connectivity index (χ0v) is 18.2. The first-order valence-electron chi connectivity index (χ1n) is 9.74. The van der Waals surface area contributed by atoms with Crippen LogP contribution in [0, 0.1) is 6.92 Å². The summed E-state index contributed by atoms with van der Waals surface area (Å²) < 4.78 is 0. The number of pyridine rings is 1. The van der Waals surface area contributed by atoms with Crippen molar-refractivity contribution in [1.29, 1.82) is 0 Å². The molecular formula is C26H25ClNP. The smallest absolute Gasteiger partial charge is 0.112 e. The Labute approximate surface area is 180 Å². The molecule has 1 aromatic heterocycles. The molecule has 146 valence electrons. The van der Waals surface area contributed by atoms with Gasteiger partial charge in [-0.2, -0.15) is 0 Å². The van der Waals surface area contributed by atoms with Gasteiger partial charge in [0.1, 0.15) is 23.2 Å². The standard InChI is InChI=1S/C26H25NP.ClH/c1-22-19-23(21-27-20-22)17-18-28(24-11-5-2-6-12-24,25-13-7-3-8-14-25)26-15-9-4-10-16-26;/h2-16,19-21H,17-18H2,1H3;1H/q+1;/p-1. The van der Waals surface area contributed by atoms with Crippen LogP contribution in [0.4, 0.5) is 0 Å². The van der Waals surface area contributed by atoms with Crippen LogP contribution >= 0.6 is 7.26 Å². The SMILES string of the molecule is Cc1cncc(CC[P+](c2ccccc2)(c2ccccc2)c2ccccc2)c1.[Cl-]. The first-order chi connectivity index (χ1) is 13.8. The third-order valence-electron chi connectivity index (χ3n) is 5.26. The molecule has 0 N–H and O–H groups in total. The van der Waals surface area contributed by atoms with Crippen molar-refractivity contribution in [2.45, 2.75) is 13.3 Å². The van der Waals surface area contributed by atoms with E-state index in [1.807, 2.05) is 12.4 Å². The fourth-order valence-electron chi connectivity index (χ4n) is 3.93. The van der Waals surface area contributed by atoms with Gasteiger partial charge in [-0.3, -0.25) is 4.98 Å². The number of benzene rings is 3. The maximum absolute atomic E-state index is 4.42. The predicted octanol–water partition coefficient (Wildman–Crippen LogP) is 1.93. The highest BCUT2D eigenvalue weighted by atomic mass is 35.5. The molecule has 0 radical (unpaired) electrons. The van der Waals surface area contributed by atoms with Gasteiger partial charge in [0, 0.05) is 18.8 Å². The second-order valence-corrected chi connectivity index (χ2v) is 10.8. The summed E-state index contributed by atoms with van der Waals surface area (Å²) in [5.41, 5.74) is 2.53. The van der Waals surface area contributed by atoms with Crippen molar-refractivity contribution in [3.8, 4) is 0 Å². The summed E-state index contributed by atoms with van der Waals surface area (Å²) in [7, 11) is -1.76. The maximum Gasteiger partial charge on any atom is 0.112 e. The quantitative estimate of drug-likeness (QED) is 0.437. The van der Waals surface area contributed by atoms with Gasteiger partial charge < -0.3 is 12.4 Å². The van der Waals surface area contributed by atoms with E-state index in [4.69, 9.17) is 0 Å². The molecule has 0 aliphatic rings. The average Bonchev–Trinajstić information content (AvgIpc) is 2.77. The Morgan fingerprint density at radius 2 is 1.10 bits per heavy atom. The van der Waals surface area contributed by atoms with Gasteiger partial charge in [-0.15, -0.1) is 0 Å². The molecule has 4 rings (SSSR count). The molecule has 3 aromatic carbocycles. The molecule has 0 aliphatic heterocycles. The Morgan fingerprint density at radius 3 is 1.52 bits per heavy atom. The van der Waals surface area contributed by atoms with Crippen LogP contribution in [0.3, 0.4) is 0 Å². The molecule has 0 unspecified atom stereocenters. The fourth-order valence-corrected chi connectivity index (χ4v) is 8.24. The van der Waals surface area contributed by atoms with E-state index in [0.29, 0.717) is 0 Å². The topological polar surface area (TPSA) is 12.9 Å². The highest BCUT2D eigenvalue weighted by Gasteiger charge is 2.44. The van der Waals surface area contributed by atoms with E-state index in [1.54, 1.807) is 0 Å². The van der Waals surface area contributed by atoms with E-state index < -0.39 is 7.26 Å². The number of rotatable bonds is 6. The Bertz CT molecular complexity index is 923. The number of hydrogen-bond acceptors (Lipinski definition) is 1. The molecule has 0 atom stereocenters.